The van der Waals surface area contributed by atoms with E-state index in [1.807, 2.05) is 18.2 Å². The normalized spacial score (nSPS) is 29.1. The first-order valence-electron chi connectivity index (χ1n) is 19.1. The Hall–Kier alpha value is -4.43. The second kappa shape index (κ2) is 12.6. The molecule has 9 rings (SSSR count). The molecule has 53 heavy (non-hydrogen) atoms. The van der Waals surface area contributed by atoms with Crippen molar-refractivity contribution in [3.05, 3.63) is 47.1 Å². The smallest absolute Gasteiger partial charge is 0.434 e. The monoisotopic (exact) mass is 735 g/mol. The second-order valence-electron chi connectivity index (χ2n) is 16.3. The van der Waals surface area contributed by atoms with Gasteiger partial charge >= 0.3 is 18.2 Å². The number of carboxylic acid groups (broad SMARTS) is 1. The summed E-state index contributed by atoms with van der Waals surface area (Å²) in [5, 5.41) is 21.2. The van der Waals surface area contributed by atoms with Gasteiger partial charge < -0.3 is 29.4 Å². The maximum Gasteiger partial charge on any atom is 0.434 e. The standard InChI is InChI=1S/C38H44F3N7O5/c1-21-45-46-35(52-21)47-13-9-26(10-14-47)53-27-7-8-30-29(18-27)36(11-3-2-4-12-36)20-48(30)34-42-19-28(31(43-34)38(39,40)41)32(49)44-37(33(50)51)24-6-5-22-15-25(37)17-23(22)16-24/h7-8,18-19,22-26H,2-6,9-17,20H2,1H3,(H,44,49)(H,50,51). The first kappa shape index (κ1) is 34.3. The van der Waals surface area contributed by atoms with E-state index in [9.17, 15) is 27.9 Å². The molecule has 12 nitrogen and oxygen atoms in total. The molecule has 5 fully saturated rings. The molecular formula is C38H44F3N7O5. The average molecular weight is 736 g/mol. The minimum atomic E-state index is -4.98. The molecule has 1 amide bonds. The number of anilines is 3. The Morgan fingerprint density at radius 1 is 1.00 bits per heavy atom. The van der Waals surface area contributed by atoms with Gasteiger partial charge in [-0.1, -0.05) is 24.4 Å². The van der Waals surface area contributed by atoms with Crippen molar-refractivity contribution in [3.8, 4) is 5.75 Å². The molecule has 4 heterocycles. The molecule has 3 aromatic rings. The summed E-state index contributed by atoms with van der Waals surface area (Å²) in [6.07, 6.45) is 5.79. The van der Waals surface area contributed by atoms with Gasteiger partial charge in [0.2, 0.25) is 11.8 Å². The van der Waals surface area contributed by atoms with Crippen molar-refractivity contribution >= 4 is 29.5 Å². The van der Waals surface area contributed by atoms with Gasteiger partial charge in [-0.25, -0.2) is 14.8 Å². The van der Waals surface area contributed by atoms with Crippen molar-refractivity contribution in [2.45, 2.75) is 107 Å². The molecule has 2 aliphatic heterocycles. The number of benzene rings is 1. The van der Waals surface area contributed by atoms with Crippen LogP contribution in [0.5, 0.6) is 5.75 Å². The molecule has 5 unspecified atom stereocenters. The van der Waals surface area contributed by atoms with Gasteiger partial charge in [0.15, 0.2) is 5.69 Å². The van der Waals surface area contributed by atoms with Gasteiger partial charge in [0, 0.05) is 56.7 Å². The summed E-state index contributed by atoms with van der Waals surface area (Å²) in [7, 11) is 0. The van der Waals surface area contributed by atoms with Crippen LogP contribution in [0.2, 0.25) is 0 Å². The number of nitrogens with one attached hydrogen (secondary N) is 1. The van der Waals surface area contributed by atoms with Crippen LogP contribution in [0.4, 0.5) is 30.8 Å². The number of hydrogen-bond donors (Lipinski definition) is 2. The SMILES string of the molecule is Cc1nnc(N2CCC(Oc3ccc4c(c3)C3(CCCCC3)CN4c3ncc(C(=O)NC4(C(=O)O)C5CCC6CC4CC6C5)c(C(F)(F)F)n3)CC2)o1. The fourth-order valence-electron chi connectivity index (χ4n) is 10.9. The van der Waals surface area contributed by atoms with Crippen LogP contribution in [0.15, 0.2) is 28.8 Å². The van der Waals surface area contributed by atoms with Crippen LogP contribution in [0.3, 0.4) is 0 Å². The highest BCUT2D eigenvalue weighted by molar-refractivity contribution is 5.99. The molecule has 2 aromatic heterocycles. The maximum absolute atomic E-state index is 14.8. The summed E-state index contributed by atoms with van der Waals surface area (Å²) in [6.45, 7) is 3.59. The van der Waals surface area contributed by atoms with Crippen LogP contribution in [-0.2, 0) is 16.4 Å². The van der Waals surface area contributed by atoms with Gasteiger partial charge in [-0.05, 0) is 92.4 Å². The van der Waals surface area contributed by atoms with Gasteiger partial charge in [0.25, 0.3) is 5.91 Å². The Kier molecular flexibility index (Phi) is 8.15. The number of alkyl halides is 3. The van der Waals surface area contributed by atoms with Crippen molar-refractivity contribution in [2.24, 2.45) is 23.7 Å². The lowest BCUT2D eigenvalue weighted by Gasteiger charge is -2.47. The van der Waals surface area contributed by atoms with Crippen LogP contribution in [0, 0.1) is 30.6 Å². The summed E-state index contributed by atoms with van der Waals surface area (Å²) in [5.74, 6) is -0.987. The molecule has 6 aliphatic rings. The van der Waals surface area contributed by atoms with Crippen molar-refractivity contribution < 1.29 is 37.0 Å². The molecule has 5 atom stereocenters. The largest absolute Gasteiger partial charge is 0.490 e. The van der Waals surface area contributed by atoms with Crippen LogP contribution in [0.25, 0.3) is 0 Å². The van der Waals surface area contributed by atoms with Gasteiger partial charge in [-0.3, -0.25) is 4.79 Å². The zero-order valence-corrected chi connectivity index (χ0v) is 29.7. The summed E-state index contributed by atoms with van der Waals surface area (Å²) in [4.78, 5) is 39.0. The number of piperidine rings is 1. The number of rotatable bonds is 7. The molecule has 3 bridgehead atoms. The highest BCUT2D eigenvalue weighted by Crippen LogP contribution is 2.59. The molecular weight excluding hydrogens is 691 g/mol. The quantitative estimate of drug-likeness (QED) is 0.271. The Bertz CT molecular complexity index is 1910. The molecule has 1 spiro atoms. The molecule has 1 aromatic carbocycles. The van der Waals surface area contributed by atoms with Gasteiger partial charge in [0.05, 0.1) is 5.56 Å². The average Bonchev–Trinajstić information content (AvgIpc) is 3.81. The van der Waals surface area contributed by atoms with Crippen molar-refractivity contribution in [1.82, 2.24) is 25.5 Å². The van der Waals surface area contributed by atoms with Crippen LogP contribution >= 0.6 is 0 Å². The number of carbonyl (C=O) groups is 2. The number of ether oxygens (including phenoxy) is 1. The Morgan fingerprint density at radius 2 is 1.75 bits per heavy atom. The first-order chi connectivity index (χ1) is 25.4. The fraction of sp³-hybridized carbons (Fsp3) is 0.632. The Labute approximate surface area is 304 Å². The van der Waals surface area contributed by atoms with Crippen molar-refractivity contribution in [1.29, 1.82) is 0 Å². The van der Waals surface area contributed by atoms with E-state index in [-0.39, 0.29) is 29.3 Å². The fourth-order valence-corrected chi connectivity index (χ4v) is 10.9. The predicted molar refractivity (Wildman–Crippen MR) is 185 cm³/mol. The van der Waals surface area contributed by atoms with E-state index < -0.39 is 34.8 Å². The number of halogens is 3. The predicted octanol–water partition coefficient (Wildman–Crippen LogP) is 6.60. The molecule has 1 saturated heterocycles. The summed E-state index contributed by atoms with van der Waals surface area (Å²) >= 11 is 0. The minimum absolute atomic E-state index is 0.0245. The van der Waals surface area contributed by atoms with E-state index in [1.54, 1.807) is 11.8 Å². The summed E-state index contributed by atoms with van der Waals surface area (Å²) < 4.78 is 56.5. The van der Waals surface area contributed by atoms with Gasteiger partial charge in [0.1, 0.15) is 17.4 Å². The third kappa shape index (κ3) is 5.71. The zero-order chi connectivity index (χ0) is 36.7. The highest BCUT2D eigenvalue weighted by Gasteiger charge is 2.63. The lowest BCUT2D eigenvalue weighted by Crippen LogP contribution is -2.65. The number of aromatic nitrogens is 4. The number of carbonyl (C=O) groups excluding carboxylic acids is 1. The third-order valence-electron chi connectivity index (χ3n) is 13.4. The Balaban J connectivity index is 0.992. The van der Waals surface area contributed by atoms with E-state index in [0.29, 0.717) is 74.8 Å². The molecule has 4 aliphatic carbocycles. The third-order valence-corrected chi connectivity index (χ3v) is 13.4. The number of hydrogen-bond acceptors (Lipinski definition) is 10. The van der Waals surface area contributed by atoms with Crippen molar-refractivity contribution in [2.75, 3.05) is 29.4 Å². The number of nitrogens with zero attached hydrogens (tertiary/aromatic N) is 6. The number of carboxylic acids is 1. The summed E-state index contributed by atoms with van der Waals surface area (Å²) in [6, 6.07) is 6.28. The number of amides is 1. The van der Waals surface area contributed by atoms with Crippen LogP contribution < -0.4 is 19.9 Å². The first-order valence-corrected chi connectivity index (χ1v) is 19.1. The maximum atomic E-state index is 14.8. The molecule has 0 radical (unpaired) electrons. The van der Waals surface area contributed by atoms with Gasteiger partial charge in [-0.15, -0.1) is 5.10 Å². The van der Waals surface area contributed by atoms with E-state index in [1.165, 1.54) is 0 Å². The van der Waals surface area contributed by atoms with E-state index in [2.05, 4.69) is 30.4 Å². The topological polar surface area (TPSA) is 147 Å². The highest BCUT2D eigenvalue weighted by atomic mass is 19.4. The molecule has 15 heteroatoms. The molecule has 2 N–H and O–H groups in total. The number of aliphatic carboxylic acids is 1. The lowest BCUT2D eigenvalue weighted by atomic mass is 9.62. The Morgan fingerprint density at radius 3 is 2.47 bits per heavy atom. The molecule has 4 saturated carbocycles. The van der Waals surface area contributed by atoms with Crippen LogP contribution in [-0.4, -0.2) is 68.4 Å². The second-order valence-corrected chi connectivity index (χ2v) is 16.3. The number of fused-ring (bicyclic) bond motifs is 4. The van der Waals surface area contributed by atoms with Crippen LogP contribution in [0.1, 0.15) is 105 Å². The van der Waals surface area contributed by atoms with Gasteiger partial charge in [-0.2, -0.15) is 13.2 Å². The lowest BCUT2D eigenvalue weighted by molar-refractivity contribution is -0.152. The van der Waals surface area contributed by atoms with E-state index in [0.717, 1.165) is 68.8 Å². The van der Waals surface area contributed by atoms with E-state index >= 15 is 0 Å². The zero-order valence-electron chi connectivity index (χ0n) is 29.7. The van der Waals surface area contributed by atoms with Crippen molar-refractivity contribution in [3.63, 3.8) is 0 Å². The number of aryl methyl sites for hydroxylation is 1. The summed E-state index contributed by atoms with van der Waals surface area (Å²) in [5.41, 5.74) is -2.30. The molecule has 282 valence electrons. The minimum Gasteiger partial charge on any atom is -0.490 e. The van der Waals surface area contributed by atoms with E-state index in [4.69, 9.17) is 9.15 Å².